The summed E-state index contributed by atoms with van der Waals surface area (Å²) in [5.74, 6) is 2.09. The van der Waals surface area contributed by atoms with Crippen LogP contribution in [0.4, 0.5) is 0 Å². The van der Waals surface area contributed by atoms with Crippen LogP contribution in [0.2, 0.25) is 0 Å². The molecule has 1 atom stereocenters. The molecule has 3 rings (SSSR count). The number of benzene rings is 3. The van der Waals surface area contributed by atoms with Crippen molar-refractivity contribution in [2.24, 2.45) is 0 Å². The van der Waals surface area contributed by atoms with Gasteiger partial charge in [0, 0.05) is 12.5 Å². The van der Waals surface area contributed by atoms with E-state index in [1.807, 2.05) is 12.1 Å². The maximum atomic E-state index is 5.97. The van der Waals surface area contributed by atoms with Crippen LogP contribution in [0.15, 0.2) is 78.9 Å². The Morgan fingerprint density at radius 1 is 0.733 bits per heavy atom. The van der Waals surface area contributed by atoms with Crippen LogP contribution in [0.3, 0.4) is 0 Å². The van der Waals surface area contributed by atoms with Crippen LogP contribution in [0, 0.1) is 0 Å². The van der Waals surface area contributed by atoms with Crippen LogP contribution in [0.1, 0.15) is 36.5 Å². The van der Waals surface area contributed by atoms with Crippen molar-refractivity contribution in [1.82, 2.24) is 4.90 Å². The molecule has 3 aromatic rings. The highest BCUT2D eigenvalue weighted by molar-refractivity contribution is 5.39. The van der Waals surface area contributed by atoms with E-state index in [2.05, 4.69) is 85.5 Å². The summed E-state index contributed by atoms with van der Waals surface area (Å²) in [6.07, 6.45) is 0.954. The Bertz CT molecular complexity index is 856. The zero-order valence-corrected chi connectivity index (χ0v) is 18.4. The van der Waals surface area contributed by atoms with Gasteiger partial charge in [0.05, 0.1) is 7.11 Å². The molecule has 158 valence electrons. The van der Waals surface area contributed by atoms with Crippen molar-refractivity contribution in [2.75, 3.05) is 33.4 Å². The van der Waals surface area contributed by atoms with Gasteiger partial charge in [0.1, 0.15) is 18.1 Å². The number of rotatable bonds is 11. The Morgan fingerprint density at radius 3 is 1.83 bits per heavy atom. The summed E-state index contributed by atoms with van der Waals surface area (Å²) < 4.78 is 11.3. The van der Waals surface area contributed by atoms with Crippen LogP contribution in [0.5, 0.6) is 11.5 Å². The number of nitrogens with zero attached hydrogens (tertiary/aromatic N) is 1. The summed E-state index contributed by atoms with van der Waals surface area (Å²) in [6.45, 7) is 8.16. The second kappa shape index (κ2) is 11.4. The molecule has 0 heterocycles. The molecule has 0 bridgehead atoms. The molecule has 0 saturated carbocycles. The van der Waals surface area contributed by atoms with E-state index in [0.29, 0.717) is 6.61 Å². The first-order valence-corrected chi connectivity index (χ1v) is 10.9. The molecular weight excluding hydrogens is 370 g/mol. The van der Waals surface area contributed by atoms with Gasteiger partial charge in [-0.25, -0.2) is 0 Å². The minimum Gasteiger partial charge on any atom is -0.497 e. The average Bonchev–Trinajstić information content (AvgIpc) is 2.82. The van der Waals surface area contributed by atoms with Gasteiger partial charge in [-0.15, -0.1) is 0 Å². The second-order valence-corrected chi connectivity index (χ2v) is 7.46. The van der Waals surface area contributed by atoms with E-state index >= 15 is 0 Å². The maximum absolute atomic E-state index is 5.97. The fraction of sp³-hybridized carbons (Fsp3) is 0.333. The van der Waals surface area contributed by atoms with E-state index < -0.39 is 0 Å². The molecule has 0 N–H and O–H groups in total. The highest BCUT2D eigenvalue weighted by Gasteiger charge is 2.15. The SMILES string of the molecule is CCN(CC)CCOc1ccc(C(Cc2ccccc2)c2ccc(OC)cc2)cc1. The third kappa shape index (κ3) is 6.11. The third-order valence-corrected chi connectivity index (χ3v) is 5.65. The van der Waals surface area contributed by atoms with E-state index in [0.717, 1.165) is 37.6 Å². The number of methoxy groups -OCH3 is 1. The van der Waals surface area contributed by atoms with Crippen molar-refractivity contribution in [3.05, 3.63) is 95.6 Å². The van der Waals surface area contributed by atoms with Gasteiger partial charge in [-0.3, -0.25) is 0 Å². The lowest BCUT2D eigenvalue weighted by atomic mass is 9.86. The number of hydrogen-bond donors (Lipinski definition) is 0. The van der Waals surface area contributed by atoms with Crippen molar-refractivity contribution < 1.29 is 9.47 Å². The van der Waals surface area contributed by atoms with E-state index in [4.69, 9.17) is 9.47 Å². The largest absolute Gasteiger partial charge is 0.497 e. The first-order chi connectivity index (χ1) is 14.7. The fourth-order valence-electron chi connectivity index (χ4n) is 3.74. The van der Waals surface area contributed by atoms with Gasteiger partial charge in [0.15, 0.2) is 0 Å². The third-order valence-electron chi connectivity index (χ3n) is 5.65. The van der Waals surface area contributed by atoms with Crippen LogP contribution >= 0.6 is 0 Å². The van der Waals surface area contributed by atoms with Gasteiger partial charge >= 0.3 is 0 Å². The van der Waals surface area contributed by atoms with Crippen LogP contribution < -0.4 is 9.47 Å². The van der Waals surface area contributed by atoms with E-state index in [9.17, 15) is 0 Å². The molecular formula is C27H33NO2. The first kappa shape index (κ1) is 21.9. The van der Waals surface area contributed by atoms with Gasteiger partial charge in [0.2, 0.25) is 0 Å². The topological polar surface area (TPSA) is 21.7 Å². The Morgan fingerprint density at radius 2 is 1.30 bits per heavy atom. The molecule has 1 unspecified atom stereocenters. The second-order valence-electron chi connectivity index (χ2n) is 7.46. The smallest absolute Gasteiger partial charge is 0.119 e. The molecule has 3 aromatic carbocycles. The Labute approximate surface area is 181 Å². The average molecular weight is 404 g/mol. The highest BCUT2D eigenvalue weighted by atomic mass is 16.5. The number of ether oxygens (including phenoxy) is 2. The first-order valence-electron chi connectivity index (χ1n) is 10.9. The van der Waals surface area contributed by atoms with Crippen LogP contribution in [-0.2, 0) is 6.42 Å². The van der Waals surface area contributed by atoms with Gasteiger partial charge in [-0.05, 0) is 60.5 Å². The molecule has 0 amide bonds. The Kier molecular flexibility index (Phi) is 8.34. The maximum Gasteiger partial charge on any atom is 0.119 e. The molecule has 0 fully saturated rings. The highest BCUT2D eigenvalue weighted by Crippen LogP contribution is 2.31. The van der Waals surface area contributed by atoms with E-state index in [1.54, 1.807) is 7.11 Å². The molecule has 30 heavy (non-hydrogen) atoms. The normalized spacial score (nSPS) is 12.0. The molecule has 0 aromatic heterocycles. The van der Waals surface area contributed by atoms with Gasteiger partial charge < -0.3 is 14.4 Å². The van der Waals surface area contributed by atoms with Gasteiger partial charge in [-0.1, -0.05) is 68.4 Å². The van der Waals surface area contributed by atoms with E-state index in [-0.39, 0.29) is 5.92 Å². The monoisotopic (exact) mass is 403 g/mol. The molecule has 0 radical (unpaired) electrons. The van der Waals surface area contributed by atoms with Crippen molar-refractivity contribution in [3.63, 3.8) is 0 Å². The Hall–Kier alpha value is -2.78. The lowest BCUT2D eigenvalue weighted by Gasteiger charge is -2.20. The predicted octanol–water partition coefficient (Wildman–Crippen LogP) is 5.79. The molecule has 0 aliphatic rings. The molecule has 0 aliphatic carbocycles. The molecule has 0 saturated heterocycles. The summed E-state index contributed by atoms with van der Waals surface area (Å²) in [5, 5.41) is 0. The molecule has 0 spiro atoms. The van der Waals surface area contributed by atoms with Crippen molar-refractivity contribution in [2.45, 2.75) is 26.2 Å². The summed E-state index contributed by atoms with van der Waals surface area (Å²) in [5.41, 5.74) is 3.91. The van der Waals surface area contributed by atoms with Crippen LogP contribution in [0.25, 0.3) is 0 Å². The zero-order valence-electron chi connectivity index (χ0n) is 18.4. The summed E-state index contributed by atoms with van der Waals surface area (Å²) in [6, 6.07) is 27.7. The van der Waals surface area contributed by atoms with Crippen molar-refractivity contribution in [3.8, 4) is 11.5 Å². The zero-order chi connectivity index (χ0) is 21.2. The summed E-state index contributed by atoms with van der Waals surface area (Å²) >= 11 is 0. The lowest BCUT2D eigenvalue weighted by molar-refractivity contribution is 0.223. The van der Waals surface area contributed by atoms with Crippen molar-refractivity contribution >= 4 is 0 Å². The minimum atomic E-state index is 0.281. The van der Waals surface area contributed by atoms with Gasteiger partial charge in [0.25, 0.3) is 0 Å². The predicted molar refractivity (Wildman–Crippen MR) is 125 cm³/mol. The van der Waals surface area contributed by atoms with Crippen molar-refractivity contribution in [1.29, 1.82) is 0 Å². The number of hydrogen-bond acceptors (Lipinski definition) is 3. The van der Waals surface area contributed by atoms with Crippen LogP contribution in [-0.4, -0.2) is 38.3 Å². The fourth-order valence-corrected chi connectivity index (χ4v) is 3.74. The number of likely N-dealkylation sites (N-methyl/N-ethyl adjacent to an activating group) is 1. The Balaban J connectivity index is 1.75. The summed E-state index contributed by atoms with van der Waals surface area (Å²) in [4.78, 5) is 2.37. The molecule has 0 aliphatic heterocycles. The molecule has 3 nitrogen and oxygen atoms in total. The molecule has 3 heteroatoms. The summed E-state index contributed by atoms with van der Waals surface area (Å²) in [7, 11) is 1.70. The van der Waals surface area contributed by atoms with Gasteiger partial charge in [-0.2, -0.15) is 0 Å². The minimum absolute atomic E-state index is 0.281. The lowest BCUT2D eigenvalue weighted by Crippen LogP contribution is -2.27. The quantitative estimate of drug-likeness (QED) is 0.404. The van der Waals surface area contributed by atoms with E-state index in [1.165, 1.54) is 16.7 Å². The standard InChI is InChI=1S/C27H33NO2/c1-4-28(5-2)19-20-30-26-17-13-24(14-18-26)27(21-22-9-7-6-8-10-22)23-11-15-25(29-3)16-12-23/h6-18,27H,4-5,19-21H2,1-3H3.